The lowest BCUT2D eigenvalue weighted by atomic mass is 9.97. The highest BCUT2D eigenvalue weighted by Gasteiger charge is 2.24. The molecule has 1 aliphatic heterocycles. The summed E-state index contributed by atoms with van der Waals surface area (Å²) in [6.45, 7) is 6.13. The maximum Gasteiger partial charge on any atom is 0.240 e. The van der Waals surface area contributed by atoms with E-state index in [-0.39, 0.29) is 0 Å². The molecule has 1 aromatic heterocycles. The van der Waals surface area contributed by atoms with E-state index >= 15 is 0 Å². The van der Waals surface area contributed by atoms with Gasteiger partial charge in [-0.1, -0.05) is 41.2 Å². The Morgan fingerprint density at radius 3 is 2.61 bits per heavy atom. The zero-order valence-electron chi connectivity index (χ0n) is 16.2. The highest BCUT2D eigenvalue weighted by atomic mass is 32.2. The lowest BCUT2D eigenvalue weighted by molar-refractivity contribution is 0.402. The zero-order chi connectivity index (χ0) is 19.7. The molecule has 2 aromatic carbocycles. The van der Waals surface area contributed by atoms with Gasteiger partial charge < -0.3 is 4.90 Å². The van der Waals surface area contributed by atoms with Gasteiger partial charge in [-0.05, 0) is 56.4 Å². The smallest absolute Gasteiger partial charge is 0.240 e. The summed E-state index contributed by atoms with van der Waals surface area (Å²) in [6.07, 6.45) is 1.93. The fraction of sp³-hybridized carbons (Fsp3) is 0.381. The monoisotopic (exact) mass is 415 g/mol. The largest absolute Gasteiger partial charge is 0.348 e. The third kappa shape index (κ3) is 4.06. The van der Waals surface area contributed by atoms with Crippen molar-refractivity contribution in [1.82, 2.24) is 9.71 Å². The van der Waals surface area contributed by atoms with Gasteiger partial charge >= 0.3 is 0 Å². The summed E-state index contributed by atoms with van der Waals surface area (Å²) in [5.74, 6) is 0.353. The molecule has 0 aliphatic carbocycles. The van der Waals surface area contributed by atoms with E-state index in [0.717, 1.165) is 47.7 Å². The molecule has 1 N–H and O–H groups in total. The molecule has 0 unspecified atom stereocenters. The van der Waals surface area contributed by atoms with E-state index in [1.165, 1.54) is 4.70 Å². The van der Waals surface area contributed by atoms with Gasteiger partial charge in [0.25, 0.3) is 0 Å². The molecule has 1 fully saturated rings. The predicted octanol–water partition coefficient (Wildman–Crippen LogP) is 4.11. The number of aromatic nitrogens is 1. The first kappa shape index (κ1) is 19.4. The SMILES string of the molecule is Cc1ccc(S(=O)(=O)NCC2CCN(c3nc4ccccc4s3)CC2)c(C)c1. The topological polar surface area (TPSA) is 62.3 Å². The van der Waals surface area contributed by atoms with E-state index in [9.17, 15) is 8.42 Å². The van der Waals surface area contributed by atoms with E-state index in [1.54, 1.807) is 17.4 Å². The van der Waals surface area contributed by atoms with Crippen LogP contribution in [0.2, 0.25) is 0 Å². The lowest BCUT2D eigenvalue weighted by Gasteiger charge is -2.31. The van der Waals surface area contributed by atoms with E-state index in [2.05, 4.69) is 15.7 Å². The van der Waals surface area contributed by atoms with E-state index in [1.807, 2.05) is 44.2 Å². The number of piperidine rings is 1. The van der Waals surface area contributed by atoms with Gasteiger partial charge in [0.05, 0.1) is 15.1 Å². The molecule has 4 rings (SSSR count). The van der Waals surface area contributed by atoms with Crippen molar-refractivity contribution >= 4 is 36.7 Å². The van der Waals surface area contributed by atoms with Crippen LogP contribution in [0.1, 0.15) is 24.0 Å². The van der Waals surface area contributed by atoms with Crippen molar-refractivity contribution in [3.63, 3.8) is 0 Å². The zero-order valence-corrected chi connectivity index (χ0v) is 17.8. The Morgan fingerprint density at radius 2 is 1.89 bits per heavy atom. The second kappa shape index (κ2) is 7.81. The summed E-state index contributed by atoms with van der Waals surface area (Å²) >= 11 is 1.73. The minimum atomic E-state index is -3.46. The van der Waals surface area contributed by atoms with Gasteiger partial charge in [0.1, 0.15) is 0 Å². The minimum Gasteiger partial charge on any atom is -0.348 e. The molecular weight excluding hydrogens is 390 g/mol. The summed E-state index contributed by atoms with van der Waals surface area (Å²) in [6, 6.07) is 13.7. The second-order valence-corrected chi connectivity index (χ2v) is 10.3. The Morgan fingerprint density at radius 1 is 1.14 bits per heavy atom. The highest BCUT2D eigenvalue weighted by molar-refractivity contribution is 7.89. The summed E-state index contributed by atoms with van der Waals surface area (Å²) < 4.78 is 29.4. The normalized spacial score (nSPS) is 16.0. The molecule has 0 radical (unpaired) electrons. The molecule has 28 heavy (non-hydrogen) atoms. The number of para-hydroxylation sites is 1. The summed E-state index contributed by atoms with van der Waals surface area (Å²) in [5.41, 5.74) is 2.91. The highest BCUT2D eigenvalue weighted by Crippen LogP contribution is 2.31. The number of benzene rings is 2. The van der Waals surface area contributed by atoms with Crippen molar-refractivity contribution < 1.29 is 8.42 Å². The molecule has 0 bridgehead atoms. The number of sulfonamides is 1. The quantitative estimate of drug-likeness (QED) is 0.681. The fourth-order valence-electron chi connectivity index (χ4n) is 3.73. The molecule has 1 saturated heterocycles. The van der Waals surface area contributed by atoms with Gasteiger partial charge in [-0.2, -0.15) is 0 Å². The van der Waals surface area contributed by atoms with Crippen LogP contribution >= 0.6 is 11.3 Å². The first-order valence-corrected chi connectivity index (χ1v) is 11.9. The first-order valence-electron chi connectivity index (χ1n) is 9.60. The Hall–Kier alpha value is -1.96. The van der Waals surface area contributed by atoms with Crippen molar-refractivity contribution in [1.29, 1.82) is 0 Å². The second-order valence-electron chi connectivity index (χ2n) is 7.52. The van der Waals surface area contributed by atoms with E-state index in [4.69, 9.17) is 4.98 Å². The summed E-state index contributed by atoms with van der Waals surface area (Å²) in [4.78, 5) is 7.43. The van der Waals surface area contributed by atoms with Crippen LogP contribution in [0.3, 0.4) is 0 Å². The number of thiazole rings is 1. The fourth-order valence-corrected chi connectivity index (χ4v) is 6.09. The Bertz CT molecular complexity index is 1050. The van der Waals surface area contributed by atoms with Crippen LogP contribution in [-0.2, 0) is 10.0 Å². The Kier molecular flexibility index (Phi) is 5.40. The molecule has 148 valence electrons. The van der Waals surface area contributed by atoms with Crippen molar-refractivity contribution in [2.75, 3.05) is 24.5 Å². The van der Waals surface area contributed by atoms with Crippen LogP contribution in [0.5, 0.6) is 0 Å². The molecule has 2 heterocycles. The van der Waals surface area contributed by atoms with Gasteiger partial charge in [-0.15, -0.1) is 0 Å². The summed E-state index contributed by atoms with van der Waals surface area (Å²) in [7, 11) is -3.46. The van der Waals surface area contributed by atoms with Gasteiger partial charge in [0, 0.05) is 19.6 Å². The van der Waals surface area contributed by atoms with Crippen molar-refractivity contribution in [3.8, 4) is 0 Å². The van der Waals surface area contributed by atoms with Gasteiger partial charge in [0.2, 0.25) is 10.0 Å². The number of hydrogen-bond acceptors (Lipinski definition) is 5. The average Bonchev–Trinajstić information content (AvgIpc) is 3.11. The molecule has 7 heteroatoms. The summed E-state index contributed by atoms with van der Waals surface area (Å²) in [5, 5.41) is 1.07. The molecule has 5 nitrogen and oxygen atoms in total. The molecule has 0 atom stereocenters. The number of rotatable bonds is 5. The standard InChI is InChI=1S/C21H25N3O2S2/c1-15-7-8-20(16(2)13-15)28(25,26)22-14-17-9-11-24(12-10-17)21-23-18-5-3-4-6-19(18)27-21/h3-8,13,17,22H,9-12,14H2,1-2H3. The molecule has 0 spiro atoms. The van der Waals surface area contributed by atoms with Crippen LogP contribution in [-0.4, -0.2) is 33.0 Å². The van der Waals surface area contributed by atoms with Crippen LogP contribution in [0.15, 0.2) is 47.4 Å². The van der Waals surface area contributed by atoms with Crippen LogP contribution in [0.25, 0.3) is 10.2 Å². The van der Waals surface area contributed by atoms with Crippen LogP contribution in [0, 0.1) is 19.8 Å². The Balaban J connectivity index is 1.35. The van der Waals surface area contributed by atoms with Crippen LogP contribution < -0.4 is 9.62 Å². The number of aryl methyl sites for hydroxylation is 2. The predicted molar refractivity (Wildman–Crippen MR) is 116 cm³/mol. The number of hydrogen-bond donors (Lipinski definition) is 1. The molecule has 3 aromatic rings. The lowest BCUT2D eigenvalue weighted by Crippen LogP contribution is -2.38. The maximum atomic E-state index is 12.7. The van der Waals surface area contributed by atoms with Gasteiger partial charge in [-0.25, -0.2) is 18.1 Å². The third-order valence-corrected chi connectivity index (χ3v) is 8.03. The molecule has 0 saturated carbocycles. The first-order chi connectivity index (χ1) is 13.4. The third-order valence-electron chi connectivity index (χ3n) is 5.35. The van der Waals surface area contributed by atoms with E-state index in [0.29, 0.717) is 17.4 Å². The van der Waals surface area contributed by atoms with E-state index < -0.39 is 10.0 Å². The Labute approximate surface area is 170 Å². The number of nitrogens with zero attached hydrogens (tertiary/aromatic N) is 2. The number of anilines is 1. The van der Waals surface area contributed by atoms with Crippen LogP contribution in [0.4, 0.5) is 5.13 Å². The van der Waals surface area contributed by atoms with Crippen molar-refractivity contribution in [2.45, 2.75) is 31.6 Å². The molecule has 0 amide bonds. The van der Waals surface area contributed by atoms with Crippen molar-refractivity contribution in [3.05, 3.63) is 53.6 Å². The molecular formula is C21H25N3O2S2. The minimum absolute atomic E-state index is 0.353. The number of nitrogens with one attached hydrogen (secondary N) is 1. The van der Waals surface area contributed by atoms with Gasteiger partial charge in [0.15, 0.2) is 5.13 Å². The van der Waals surface area contributed by atoms with Gasteiger partial charge in [-0.3, -0.25) is 0 Å². The average molecular weight is 416 g/mol. The number of fused-ring (bicyclic) bond motifs is 1. The molecule has 1 aliphatic rings. The maximum absolute atomic E-state index is 12.7. The van der Waals surface area contributed by atoms with Crippen molar-refractivity contribution in [2.24, 2.45) is 5.92 Å².